The van der Waals surface area contributed by atoms with E-state index in [0.717, 1.165) is 71.3 Å². The van der Waals surface area contributed by atoms with Gasteiger partial charge in [-0.2, -0.15) is 26.3 Å². The van der Waals surface area contributed by atoms with Crippen molar-refractivity contribution in [2.75, 3.05) is 52.0 Å². The number of fused-ring (bicyclic) bond motifs is 2. The largest absolute Gasteiger partial charge is 0.453 e. The Balaban J connectivity index is 1.17. The predicted octanol–water partition coefficient (Wildman–Crippen LogP) is 5.82. The summed E-state index contributed by atoms with van der Waals surface area (Å²) in [7, 11) is 1.66. The molecule has 0 saturated carbocycles. The molecule has 2 bridgehead atoms. The number of alkyl halides is 6. The molecule has 7 rings (SSSR count). The lowest BCUT2D eigenvalue weighted by atomic mass is 9.82. The Bertz CT molecular complexity index is 2830. The summed E-state index contributed by atoms with van der Waals surface area (Å²) in [5.74, 6) is 1.14. The second-order valence-electron chi connectivity index (χ2n) is 20.6. The number of methoxy groups -OCH3 is 2. The SMILES string of the molecule is COC(=O)NC(C(=O)NN(Cc1c(F)cc(-c2ncccn2)cc1F)C[C@H](O)[C@H](Cc1ccc(C#Cc2ccc(N3CC4CCC(C3)N4C3COC3)nc2)cc1)NC(=O)[C@@H](NC(=O)OC)C(C)(C)C(F)(F)F)C(C)(C)C(F)(F)F. The maximum atomic E-state index is 16.0. The number of hydrogen-bond donors (Lipinski definition) is 5. The minimum atomic E-state index is -5.19. The van der Waals surface area contributed by atoms with Crippen LogP contribution in [0.3, 0.4) is 0 Å². The predicted molar refractivity (Wildman–Crippen MR) is 268 cm³/mol. The minimum absolute atomic E-state index is 0.0973. The number of aliphatic hydroxyl groups excluding tert-OH is 1. The molecule has 79 heavy (non-hydrogen) atoms. The van der Waals surface area contributed by atoms with Gasteiger partial charge < -0.3 is 40.2 Å². The fraction of sp³-hybridized carbons (Fsp3) is 0.491. The van der Waals surface area contributed by atoms with Gasteiger partial charge in [0.1, 0.15) is 29.5 Å². The Morgan fingerprint density at radius 3 is 1.78 bits per heavy atom. The molecule has 3 aliphatic rings. The summed E-state index contributed by atoms with van der Waals surface area (Å²) >= 11 is 0. The van der Waals surface area contributed by atoms with Crippen molar-refractivity contribution >= 4 is 29.8 Å². The van der Waals surface area contributed by atoms with Crippen molar-refractivity contribution in [3.05, 3.63) is 107 Å². The zero-order valence-electron chi connectivity index (χ0n) is 43.8. The summed E-state index contributed by atoms with van der Waals surface area (Å²) in [5, 5.41) is 18.7. The van der Waals surface area contributed by atoms with Crippen LogP contribution in [0.4, 0.5) is 50.5 Å². The molecule has 3 fully saturated rings. The third kappa shape index (κ3) is 14.0. The number of anilines is 1. The Labute approximate surface area is 449 Å². The van der Waals surface area contributed by atoms with E-state index in [2.05, 4.69) is 56.8 Å². The molecular formula is C53H60F8N10O8. The molecule has 5 N–H and O–H groups in total. The molecule has 3 aliphatic heterocycles. The maximum absolute atomic E-state index is 16.0. The first-order valence-electron chi connectivity index (χ1n) is 25.0. The average molecular weight is 1120 g/mol. The van der Waals surface area contributed by atoms with Crippen molar-refractivity contribution in [1.29, 1.82) is 0 Å². The number of alkyl carbamates (subject to hydrolysis) is 2. The number of nitrogens with one attached hydrogen (secondary N) is 4. The highest BCUT2D eigenvalue weighted by Crippen LogP contribution is 2.42. The fourth-order valence-corrected chi connectivity index (χ4v) is 9.51. The first kappa shape index (κ1) is 59.5. The van der Waals surface area contributed by atoms with Crippen molar-refractivity contribution in [1.82, 2.24) is 46.2 Å². The van der Waals surface area contributed by atoms with Crippen LogP contribution in [0.1, 0.15) is 62.8 Å². The molecule has 4 amide bonds. The molecule has 5 heterocycles. The highest BCUT2D eigenvalue weighted by atomic mass is 19.4. The second-order valence-corrected chi connectivity index (χ2v) is 20.6. The standard InChI is InChI=1S/C53H60F8N10O8/c1-50(2,52(56,57)58)43(66-48(75)77-5)46(73)65-40(20-31-11-8-30(9-12-31)10-13-32-14-17-42(64-23-32)69-24-34-15-16-35(25-69)71(34)36-28-79-29-36)41(72)27-70(68-47(74)44(67-49(76)78-6)51(3,4)53(59,60)61)26-37-38(54)21-33(22-39(37)55)45-62-18-7-19-63-45/h7-9,11-12,14,17-19,21-23,34-36,40-41,43-44,72H,15-16,20,24-29H2,1-6H3,(H,65,73)(H,66,75)(H,67,76)(H,68,74)/t34?,35?,40-,41-,43+,44?/m0/s1. The van der Waals surface area contributed by atoms with Crippen LogP contribution in [0.25, 0.3) is 11.4 Å². The van der Waals surface area contributed by atoms with E-state index in [-0.39, 0.29) is 11.4 Å². The zero-order valence-corrected chi connectivity index (χ0v) is 43.8. The van der Waals surface area contributed by atoms with Crippen molar-refractivity contribution in [3.63, 3.8) is 0 Å². The van der Waals surface area contributed by atoms with Gasteiger partial charge in [0.25, 0.3) is 5.91 Å². The summed E-state index contributed by atoms with van der Waals surface area (Å²) in [6.45, 7) is 3.52. The Hall–Kier alpha value is -7.21. The van der Waals surface area contributed by atoms with Crippen molar-refractivity contribution in [2.45, 2.75) is 108 Å². The minimum Gasteiger partial charge on any atom is -0.453 e. The number of hydrazine groups is 1. The van der Waals surface area contributed by atoms with Gasteiger partial charge in [-0.15, -0.1) is 0 Å². The van der Waals surface area contributed by atoms with Crippen LogP contribution in [-0.4, -0.2) is 156 Å². The molecule has 2 aromatic carbocycles. The number of aliphatic hydroxyl groups is 1. The number of piperazine rings is 1. The molecule has 6 atom stereocenters. The van der Waals surface area contributed by atoms with Gasteiger partial charge in [-0.3, -0.25) is 19.9 Å². The van der Waals surface area contributed by atoms with Gasteiger partial charge in [-0.1, -0.05) is 24.0 Å². The van der Waals surface area contributed by atoms with E-state index in [4.69, 9.17) is 4.74 Å². The molecule has 3 saturated heterocycles. The first-order chi connectivity index (χ1) is 37.2. The number of benzene rings is 2. The zero-order chi connectivity index (χ0) is 57.6. The number of carbonyl (C=O) groups excluding carboxylic acids is 4. The first-order valence-corrected chi connectivity index (χ1v) is 25.0. The van der Waals surface area contributed by atoms with E-state index < -0.39 is 108 Å². The summed E-state index contributed by atoms with van der Waals surface area (Å²) < 4.78 is 134. The van der Waals surface area contributed by atoms with E-state index in [1.54, 1.807) is 18.3 Å². The number of nitrogens with zero attached hydrogens (tertiary/aromatic N) is 6. The van der Waals surface area contributed by atoms with E-state index in [9.17, 15) is 50.6 Å². The smallest absolute Gasteiger partial charge is 0.407 e. The molecule has 0 aliphatic carbocycles. The fourth-order valence-electron chi connectivity index (χ4n) is 9.51. The van der Waals surface area contributed by atoms with Gasteiger partial charge >= 0.3 is 24.5 Å². The number of halogens is 8. The van der Waals surface area contributed by atoms with E-state index >= 15 is 8.78 Å². The lowest BCUT2D eigenvalue weighted by molar-refractivity contribution is -0.221. The molecule has 0 radical (unpaired) electrons. The Morgan fingerprint density at radius 1 is 0.759 bits per heavy atom. The van der Waals surface area contributed by atoms with Crippen molar-refractivity contribution < 1.29 is 73.6 Å². The summed E-state index contributed by atoms with van der Waals surface area (Å²) in [6.07, 6.45) is -9.26. The van der Waals surface area contributed by atoms with Crippen LogP contribution in [-0.2, 0) is 36.8 Å². The van der Waals surface area contributed by atoms with Gasteiger partial charge in [-0.25, -0.2) is 38.3 Å². The molecule has 26 heteroatoms. The van der Waals surface area contributed by atoms with E-state index in [1.807, 2.05) is 22.8 Å². The van der Waals surface area contributed by atoms with Gasteiger partial charge in [-0.05, 0) is 95.0 Å². The highest BCUT2D eigenvalue weighted by Gasteiger charge is 2.57. The van der Waals surface area contributed by atoms with Crippen molar-refractivity contribution in [3.8, 4) is 23.2 Å². The molecule has 426 valence electrons. The number of ether oxygens (including phenoxy) is 3. The second kappa shape index (κ2) is 24.4. The molecule has 0 spiro atoms. The molecule has 3 unspecified atom stereocenters. The van der Waals surface area contributed by atoms with Crippen LogP contribution in [0, 0.1) is 34.3 Å². The lowest BCUT2D eigenvalue weighted by Crippen LogP contribution is -2.63. The van der Waals surface area contributed by atoms with Crippen LogP contribution < -0.4 is 26.3 Å². The molecule has 4 aromatic rings. The van der Waals surface area contributed by atoms with Crippen LogP contribution in [0.2, 0.25) is 0 Å². The summed E-state index contributed by atoms with van der Waals surface area (Å²) in [4.78, 5) is 70.4. The third-order valence-electron chi connectivity index (χ3n) is 14.5. The van der Waals surface area contributed by atoms with E-state index in [0.29, 0.717) is 67.5 Å². The number of carbonyl (C=O) groups is 4. The molecular weight excluding hydrogens is 1060 g/mol. The lowest BCUT2D eigenvalue weighted by Gasteiger charge is -2.47. The van der Waals surface area contributed by atoms with Gasteiger partial charge in [0.05, 0.1) is 56.5 Å². The van der Waals surface area contributed by atoms with Gasteiger partial charge in [0.2, 0.25) is 5.91 Å². The van der Waals surface area contributed by atoms with Crippen LogP contribution in [0.15, 0.2) is 73.2 Å². The summed E-state index contributed by atoms with van der Waals surface area (Å²) in [5.41, 5.74) is -3.53. The number of amides is 4. The number of aromatic nitrogens is 3. The monoisotopic (exact) mass is 1120 g/mol. The number of pyridine rings is 1. The Morgan fingerprint density at radius 2 is 1.29 bits per heavy atom. The normalized spacial score (nSPS) is 18.5. The summed E-state index contributed by atoms with van der Waals surface area (Å²) in [6, 6.07) is 7.73. The van der Waals surface area contributed by atoms with Crippen LogP contribution >= 0.6 is 0 Å². The molecule has 18 nitrogen and oxygen atoms in total. The topological polar surface area (TPSA) is 213 Å². The van der Waals surface area contributed by atoms with Crippen LogP contribution in [0.5, 0.6) is 0 Å². The van der Waals surface area contributed by atoms with Gasteiger partial charge in [0, 0.05) is 79.1 Å². The van der Waals surface area contributed by atoms with Crippen molar-refractivity contribution in [2.24, 2.45) is 10.8 Å². The highest BCUT2D eigenvalue weighted by molar-refractivity contribution is 5.87. The van der Waals surface area contributed by atoms with Gasteiger partial charge in [0.15, 0.2) is 5.82 Å². The maximum Gasteiger partial charge on any atom is 0.407 e. The third-order valence-corrected chi connectivity index (χ3v) is 14.5. The van der Waals surface area contributed by atoms with E-state index in [1.165, 1.54) is 30.6 Å². The number of rotatable bonds is 18. The Kier molecular flexibility index (Phi) is 18.4. The quantitative estimate of drug-likeness (QED) is 0.0452. The molecule has 2 aromatic heterocycles. The number of hydrogen-bond acceptors (Lipinski definition) is 14. The average Bonchev–Trinajstić information content (AvgIpc) is 3.81.